The summed E-state index contributed by atoms with van der Waals surface area (Å²) < 4.78 is 22.9. The largest absolute Gasteiger partial charge is 0.394 e. The van der Waals surface area contributed by atoms with Crippen LogP contribution in [-0.4, -0.2) is 140 Å². The molecule has 12 unspecified atom stereocenters. The highest BCUT2D eigenvalue weighted by atomic mass is 16.7. The number of aliphatic hydroxyl groups is 8. The second-order valence-corrected chi connectivity index (χ2v) is 26.1. The van der Waals surface area contributed by atoms with E-state index in [-0.39, 0.29) is 18.9 Å². The first-order valence-electron chi connectivity index (χ1n) is 37.0. The van der Waals surface area contributed by atoms with Crippen LogP contribution in [0.4, 0.5) is 0 Å². The summed E-state index contributed by atoms with van der Waals surface area (Å²) in [5, 5.41) is 87.5. The van der Waals surface area contributed by atoms with Crippen LogP contribution in [0.5, 0.6) is 0 Å². The van der Waals surface area contributed by atoms with Gasteiger partial charge >= 0.3 is 0 Å². The van der Waals surface area contributed by atoms with E-state index in [1.54, 1.807) is 6.08 Å². The molecule has 0 radical (unpaired) electrons. The number of unbranched alkanes of at least 4 members (excludes halogenated alkanes) is 40. The van der Waals surface area contributed by atoms with E-state index in [2.05, 4.69) is 67.8 Å². The van der Waals surface area contributed by atoms with Gasteiger partial charge in [0.2, 0.25) is 5.91 Å². The zero-order valence-electron chi connectivity index (χ0n) is 56.7. The molecule has 2 rings (SSSR count). The average molecular weight is 1260 g/mol. The molecule has 89 heavy (non-hydrogen) atoms. The first-order valence-corrected chi connectivity index (χ1v) is 37.0. The van der Waals surface area contributed by atoms with Gasteiger partial charge in [-0.25, -0.2) is 0 Å². The lowest BCUT2D eigenvalue weighted by molar-refractivity contribution is -0.359. The van der Waals surface area contributed by atoms with Gasteiger partial charge in [-0.3, -0.25) is 4.79 Å². The first kappa shape index (κ1) is 82.8. The number of rotatable bonds is 61. The smallest absolute Gasteiger partial charge is 0.220 e. The van der Waals surface area contributed by atoms with Crippen LogP contribution in [0.2, 0.25) is 0 Å². The van der Waals surface area contributed by atoms with Crippen LogP contribution in [0.3, 0.4) is 0 Å². The van der Waals surface area contributed by atoms with E-state index in [1.807, 2.05) is 6.08 Å². The standard InChI is InChI=1S/C75H137NO13/c1-3-5-7-9-11-13-15-17-19-21-23-25-27-29-30-31-32-33-35-36-38-40-42-44-46-48-50-52-54-56-58-64(79)63(62-86-74-72(85)70(83)73(66(61-78)88-74)89-75-71(84)69(82)68(81)65(60-77)87-75)76-67(80)59-57-55-53-51-49-47-45-43-41-39-37-34-28-26-24-22-20-18-16-14-12-10-8-6-4-2/h16,18,22,24,40,42,48,50,56,58,63-66,68-75,77-79,81-85H,3-15,17,19-21,23,25-39,41,43-47,49,51-55,57,59-62H2,1-2H3,(H,76,80)/b18-16-,24-22-,42-40+,50-48+,58-56+. The zero-order valence-corrected chi connectivity index (χ0v) is 56.7. The Morgan fingerprint density at radius 2 is 0.753 bits per heavy atom. The third-order valence-electron chi connectivity index (χ3n) is 17.9. The molecule has 2 fully saturated rings. The summed E-state index contributed by atoms with van der Waals surface area (Å²) in [4.78, 5) is 13.3. The third-order valence-corrected chi connectivity index (χ3v) is 17.9. The van der Waals surface area contributed by atoms with Crippen molar-refractivity contribution in [3.8, 4) is 0 Å². The summed E-state index contributed by atoms with van der Waals surface area (Å²) in [5.41, 5.74) is 0. The number of hydrogen-bond acceptors (Lipinski definition) is 13. The van der Waals surface area contributed by atoms with E-state index < -0.39 is 86.8 Å². The van der Waals surface area contributed by atoms with Gasteiger partial charge in [0.1, 0.15) is 48.8 Å². The average Bonchev–Trinajstić information content (AvgIpc) is 1.37. The monoisotopic (exact) mass is 1260 g/mol. The second kappa shape index (κ2) is 59.4. The molecule has 9 N–H and O–H groups in total. The third kappa shape index (κ3) is 43.3. The predicted octanol–water partition coefficient (Wildman–Crippen LogP) is 15.6. The van der Waals surface area contributed by atoms with Crippen molar-refractivity contribution in [2.75, 3.05) is 19.8 Å². The van der Waals surface area contributed by atoms with Gasteiger partial charge in [-0.05, 0) is 77.0 Å². The Morgan fingerprint density at radius 1 is 0.404 bits per heavy atom. The topological polar surface area (TPSA) is 228 Å². The van der Waals surface area contributed by atoms with Gasteiger partial charge in [-0.15, -0.1) is 0 Å². The molecule has 0 aromatic carbocycles. The number of nitrogens with one attached hydrogen (secondary N) is 1. The molecule has 520 valence electrons. The van der Waals surface area contributed by atoms with E-state index in [0.29, 0.717) is 12.8 Å². The molecule has 0 aromatic heterocycles. The lowest BCUT2D eigenvalue weighted by Gasteiger charge is -2.46. The summed E-state index contributed by atoms with van der Waals surface area (Å²) in [6.45, 7) is 2.80. The molecule has 14 nitrogen and oxygen atoms in total. The molecule has 2 aliphatic rings. The number of ether oxygens (including phenoxy) is 4. The second-order valence-electron chi connectivity index (χ2n) is 26.1. The van der Waals surface area contributed by atoms with Gasteiger partial charge in [-0.2, -0.15) is 0 Å². The zero-order chi connectivity index (χ0) is 64.5. The summed E-state index contributed by atoms with van der Waals surface area (Å²) in [6, 6.07) is -0.942. The van der Waals surface area contributed by atoms with Crippen molar-refractivity contribution in [2.24, 2.45) is 0 Å². The quantitative estimate of drug-likeness (QED) is 0.0204. The molecule has 0 aliphatic carbocycles. The van der Waals surface area contributed by atoms with Crippen molar-refractivity contribution in [3.63, 3.8) is 0 Å². The van der Waals surface area contributed by atoms with E-state index in [4.69, 9.17) is 18.9 Å². The van der Waals surface area contributed by atoms with Crippen LogP contribution in [0.25, 0.3) is 0 Å². The molecule has 12 atom stereocenters. The van der Waals surface area contributed by atoms with Gasteiger partial charge in [0, 0.05) is 6.42 Å². The summed E-state index contributed by atoms with van der Waals surface area (Å²) in [7, 11) is 0. The number of allylic oxidation sites excluding steroid dienone is 9. The van der Waals surface area contributed by atoms with E-state index in [0.717, 1.165) is 51.4 Å². The molecule has 2 saturated heterocycles. The number of hydrogen-bond donors (Lipinski definition) is 9. The highest BCUT2D eigenvalue weighted by molar-refractivity contribution is 5.76. The highest BCUT2D eigenvalue weighted by Crippen LogP contribution is 2.30. The lowest BCUT2D eigenvalue weighted by atomic mass is 9.97. The lowest BCUT2D eigenvalue weighted by Crippen LogP contribution is -2.65. The van der Waals surface area contributed by atoms with Crippen LogP contribution >= 0.6 is 0 Å². The van der Waals surface area contributed by atoms with Crippen molar-refractivity contribution in [2.45, 2.75) is 389 Å². The highest BCUT2D eigenvalue weighted by Gasteiger charge is 2.51. The van der Waals surface area contributed by atoms with Crippen LogP contribution in [0.1, 0.15) is 316 Å². The Hall–Kier alpha value is -2.31. The summed E-state index contributed by atoms with van der Waals surface area (Å²) >= 11 is 0. The van der Waals surface area contributed by atoms with Crippen LogP contribution in [-0.2, 0) is 23.7 Å². The minimum atomic E-state index is -1.80. The molecule has 2 heterocycles. The van der Waals surface area contributed by atoms with Crippen LogP contribution in [0.15, 0.2) is 60.8 Å². The minimum absolute atomic E-state index is 0.252. The fourth-order valence-corrected chi connectivity index (χ4v) is 12.0. The predicted molar refractivity (Wildman–Crippen MR) is 364 cm³/mol. The molecule has 1 amide bonds. The van der Waals surface area contributed by atoms with Crippen LogP contribution in [0, 0.1) is 0 Å². The van der Waals surface area contributed by atoms with Crippen LogP contribution < -0.4 is 5.32 Å². The molecule has 0 spiro atoms. The van der Waals surface area contributed by atoms with Gasteiger partial charge in [0.05, 0.1) is 32.0 Å². The van der Waals surface area contributed by atoms with Gasteiger partial charge in [0.15, 0.2) is 12.6 Å². The van der Waals surface area contributed by atoms with E-state index in [1.165, 1.54) is 231 Å². The fraction of sp³-hybridized carbons (Fsp3) is 0.853. The Labute approximate surface area is 543 Å². The van der Waals surface area contributed by atoms with E-state index >= 15 is 0 Å². The Balaban J connectivity index is 1.69. The maximum absolute atomic E-state index is 13.3. The number of aliphatic hydroxyl groups excluding tert-OH is 8. The maximum atomic E-state index is 13.3. The number of carbonyl (C=O) groups excluding carboxylic acids is 1. The minimum Gasteiger partial charge on any atom is -0.394 e. The molecule has 0 bridgehead atoms. The Bertz CT molecular complexity index is 1720. The maximum Gasteiger partial charge on any atom is 0.220 e. The molecule has 0 aromatic rings. The van der Waals surface area contributed by atoms with Crippen molar-refractivity contribution in [3.05, 3.63) is 60.8 Å². The summed E-state index contributed by atoms with van der Waals surface area (Å²) in [6.07, 6.45) is 62.9. The number of carbonyl (C=O) groups is 1. The Kier molecular flexibility index (Phi) is 55.3. The summed E-state index contributed by atoms with van der Waals surface area (Å²) in [5.74, 6) is -0.252. The fourth-order valence-electron chi connectivity index (χ4n) is 12.0. The Morgan fingerprint density at radius 3 is 1.17 bits per heavy atom. The normalized spacial score (nSPS) is 23.3. The van der Waals surface area contributed by atoms with Gasteiger partial charge in [-0.1, -0.05) is 293 Å². The van der Waals surface area contributed by atoms with Crippen molar-refractivity contribution in [1.82, 2.24) is 5.32 Å². The van der Waals surface area contributed by atoms with Gasteiger partial charge < -0.3 is 65.1 Å². The van der Waals surface area contributed by atoms with Crippen molar-refractivity contribution in [1.29, 1.82) is 0 Å². The molecule has 2 aliphatic heterocycles. The number of amides is 1. The van der Waals surface area contributed by atoms with E-state index in [9.17, 15) is 45.6 Å². The first-order chi connectivity index (χ1) is 43.6. The molecular weight excluding hydrogens is 1120 g/mol. The molecular formula is C75H137NO13. The molecule has 14 heteroatoms. The molecule has 0 saturated carbocycles. The van der Waals surface area contributed by atoms with Gasteiger partial charge in [0.25, 0.3) is 0 Å². The van der Waals surface area contributed by atoms with Crippen molar-refractivity contribution < 1.29 is 64.6 Å². The SMILES string of the molecule is CCCCCCC/C=C\C/C=C\CCCCCCCCCCCCCCCC(=O)NC(COC1OC(CO)C(OC2OC(CO)C(O)C(O)C2O)C(O)C1O)C(O)/C=C/CC/C=C/CC/C=C/CCCCCCCCCCCCCCCCCCCCCC. The van der Waals surface area contributed by atoms with Crippen molar-refractivity contribution >= 4 is 5.91 Å².